The highest BCUT2D eigenvalue weighted by Gasteiger charge is 2.25. The fourth-order valence-electron chi connectivity index (χ4n) is 3.25. The Labute approximate surface area is 125 Å². The van der Waals surface area contributed by atoms with Crippen molar-refractivity contribution in [1.29, 1.82) is 0 Å². The molecule has 0 spiro atoms. The molecule has 21 heavy (non-hydrogen) atoms. The zero-order valence-electron chi connectivity index (χ0n) is 12.7. The van der Waals surface area contributed by atoms with Crippen LogP contribution in [0.2, 0.25) is 0 Å². The number of carbonyl (C=O) groups is 1. The first kappa shape index (κ1) is 16.1. The van der Waals surface area contributed by atoms with Crippen LogP contribution in [0, 0.1) is 17.6 Å². The van der Waals surface area contributed by atoms with Crippen LogP contribution in [0.3, 0.4) is 0 Å². The molecule has 1 aromatic rings. The van der Waals surface area contributed by atoms with Crippen molar-refractivity contribution < 1.29 is 13.6 Å². The molecule has 2 unspecified atom stereocenters. The van der Waals surface area contributed by atoms with Gasteiger partial charge in [0.05, 0.1) is 0 Å². The minimum Gasteiger partial charge on any atom is -0.303 e. The van der Waals surface area contributed by atoms with E-state index in [1.54, 1.807) is 0 Å². The van der Waals surface area contributed by atoms with Gasteiger partial charge in [-0.25, -0.2) is 8.78 Å². The van der Waals surface area contributed by atoms with E-state index in [2.05, 4.69) is 11.8 Å². The van der Waals surface area contributed by atoms with E-state index in [0.29, 0.717) is 24.9 Å². The first-order chi connectivity index (χ1) is 9.97. The summed E-state index contributed by atoms with van der Waals surface area (Å²) in [4.78, 5) is 14.3. The third kappa shape index (κ3) is 4.34. The van der Waals surface area contributed by atoms with Gasteiger partial charge >= 0.3 is 0 Å². The molecule has 0 bridgehead atoms. The lowest BCUT2D eigenvalue weighted by atomic mass is 9.85. The zero-order valence-corrected chi connectivity index (χ0v) is 12.7. The second kappa shape index (κ2) is 7.12. The number of Topliss-reactive ketones (excluding diaryl/α,β-unsaturated/α-hetero) is 1. The third-order valence-corrected chi connectivity index (χ3v) is 4.51. The third-order valence-electron chi connectivity index (χ3n) is 4.51. The average molecular weight is 295 g/mol. The average Bonchev–Trinajstić information content (AvgIpc) is 2.43. The molecule has 1 fully saturated rings. The van der Waals surface area contributed by atoms with Crippen LogP contribution in [0.15, 0.2) is 18.2 Å². The summed E-state index contributed by atoms with van der Waals surface area (Å²) in [6, 6.07) is 3.51. The number of benzene rings is 1. The van der Waals surface area contributed by atoms with E-state index < -0.39 is 11.6 Å². The Hall–Kier alpha value is -1.29. The van der Waals surface area contributed by atoms with Gasteiger partial charge in [0.1, 0.15) is 11.6 Å². The Bertz CT molecular complexity index is 483. The Morgan fingerprint density at radius 3 is 2.43 bits per heavy atom. The minimum absolute atomic E-state index is 0.123. The van der Waals surface area contributed by atoms with E-state index in [-0.39, 0.29) is 11.3 Å². The number of carbonyl (C=O) groups excluding carboxylic acids is 1. The van der Waals surface area contributed by atoms with E-state index in [1.165, 1.54) is 25.7 Å². The predicted molar refractivity (Wildman–Crippen MR) is 79.4 cm³/mol. The number of halogens is 2. The summed E-state index contributed by atoms with van der Waals surface area (Å²) in [6.45, 7) is 2.88. The fraction of sp³-hybridized carbons (Fsp3) is 0.588. The van der Waals surface area contributed by atoms with E-state index in [4.69, 9.17) is 0 Å². The van der Waals surface area contributed by atoms with Crippen LogP contribution in [0.5, 0.6) is 0 Å². The van der Waals surface area contributed by atoms with Crippen molar-refractivity contribution in [2.75, 3.05) is 13.6 Å². The molecule has 0 amide bonds. The van der Waals surface area contributed by atoms with Crippen LogP contribution in [0.1, 0.15) is 49.4 Å². The SMILES string of the molecule is CC1CCCCC1N(C)CCC(=O)c1cc(F)cc(F)c1. The topological polar surface area (TPSA) is 20.3 Å². The molecule has 0 heterocycles. The summed E-state index contributed by atoms with van der Waals surface area (Å²) in [5, 5.41) is 0. The largest absolute Gasteiger partial charge is 0.303 e. The van der Waals surface area contributed by atoms with Crippen LogP contribution in [-0.4, -0.2) is 30.3 Å². The highest BCUT2D eigenvalue weighted by atomic mass is 19.1. The van der Waals surface area contributed by atoms with Gasteiger partial charge in [0, 0.05) is 30.6 Å². The van der Waals surface area contributed by atoms with Gasteiger partial charge < -0.3 is 4.90 Å². The summed E-state index contributed by atoms with van der Waals surface area (Å²) in [5.41, 5.74) is 0.123. The molecule has 0 saturated heterocycles. The summed E-state index contributed by atoms with van der Waals surface area (Å²) >= 11 is 0. The first-order valence-corrected chi connectivity index (χ1v) is 7.67. The van der Waals surface area contributed by atoms with Gasteiger partial charge in [0.25, 0.3) is 0 Å². The Kier molecular flexibility index (Phi) is 5.45. The number of nitrogens with zero attached hydrogens (tertiary/aromatic N) is 1. The van der Waals surface area contributed by atoms with Crippen molar-refractivity contribution in [2.24, 2.45) is 5.92 Å². The molecule has 0 radical (unpaired) electrons. The molecule has 0 aromatic heterocycles. The molecular formula is C17H23F2NO. The Balaban J connectivity index is 1.91. The molecular weight excluding hydrogens is 272 g/mol. The predicted octanol–water partition coefficient (Wildman–Crippen LogP) is 4.05. The maximum Gasteiger partial charge on any atom is 0.164 e. The lowest BCUT2D eigenvalue weighted by Gasteiger charge is -2.36. The second-order valence-electron chi connectivity index (χ2n) is 6.14. The number of rotatable bonds is 5. The van der Waals surface area contributed by atoms with Gasteiger partial charge in [-0.1, -0.05) is 19.8 Å². The quantitative estimate of drug-likeness (QED) is 0.764. The normalized spacial score (nSPS) is 22.5. The summed E-state index contributed by atoms with van der Waals surface area (Å²) < 4.78 is 26.3. The molecule has 0 aliphatic heterocycles. The van der Waals surface area contributed by atoms with Crippen molar-refractivity contribution >= 4 is 5.78 Å². The first-order valence-electron chi connectivity index (χ1n) is 7.67. The minimum atomic E-state index is -0.701. The number of hydrogen-bond donors (Lipinski definition) is 0. The Morgan fingerprint density at radius 2 is 1.81 bits per heavy atom. The molecule has 2 rings (SSSR count). The molecule has 1 aromatic carbocycles. The summed E-state index contributed by atoms with van der Waals surface area (Å²) in [5.74, 6) is -0.964. The van der Waals surface area contributed by atoms with Crippen LogP contribution < -0.4 is 0 Å². The second-order valence-corrected chi connectivity index (χ2v) is 6.14. The molecule has 1 saturated carbocycles. The molecule has 0 N–H and O–H groups in total. The van der Waals surface area contributed by atoms with E-state index in [9.17, 15) is 13.6 Å². The lowest BCUT2D eigenvalue weighted by Crippen LogP contribution is -2.39. The summed E-state index contributed by atoms with van der Waals surface area (Å²) in [7, 11) is 2.03. The van der Waals surface area contributed by atoms with Crippen LogP contribution in [0.25, 0.3) is 0 Å². The number of ketones is 1. The van der Waals surface area contributed by atoms with Gasteiger partial charge in [0.2, 0.25) is 0 Å². The van der Waals surface area contributed by atoms with Crippen LogP contribution in [0.4, 0.5) is 8.78 Å². The van der Waals surface area contributed by atoms with Crippen molar-refractivity contribution in [2.45, 2.75) is 45.1 Å². The van der Waals surface area contributed by atoms with E-state index in [0.717, 1.165) is 18.2 Å². The van der Waals surface area contributed by atoms with Crippen LogP contribution in [-0.2, 0) is 0 Å². The maximum atomic E-state index is 13.1. The van der Waals surface area contributed by atoms with Crippen LogP contribution >= 0.6 is 0 Å². The smallest absolute Gasteiger partial charge is 0.164 e. The zero-order chi connectivity index (χ0) is 15.4. The van der Waals surface area contributed by atoms with E-state index in [1.807, 2.05) is 7.05 Å². The monoisotopic (exact) mass is 295 g/mol. The lowest BCUT2D eigenvalue weighted by molar-refractivity contribution is 0.0927. The molecule has 116 valence electrons. The standard InChI is InChI=1S/C17H23F2NO/c1-12-5-3-4-6-16(12)20(2)8-7-17(21)13-9-14(18)11-15(19)10-13/h9-12,16H,3-8H2,1-2H3. The van der Waals surface area contributed by atoms with Crippen molar-refractivity contribution in [3.8, 4) is 0 Å². The van der Waals surface area contributed by atoms with E-state index >= 15 is 0 Å². The Morgan fingerprint density at radius 1 is 1.19 bits per heavy atom. The molecule has 1 aliphatic carbocycles. The number of hydrogen-bond acceptors (Lipinski definition) is 2. The molecule has 1 aliphatic rings. The highest BCUT2D eigenvalue weighted by molar-refractivity contribution is 5.96. The van der Waals surface area contributed by atoms with Crippen molar-refractivity contribution in [1.82, 2.24) is 4.90 Å². The fourth-order valence-corrected chi connectivity index (χ4v) is 3.25. The van der Waals surface area contributed by atoms with Gasteiger partial charge in [-0.05, 0) is 37.9 Å². The van der Waals surface area contributed by atoms with Gasteiger partial charge in [0.15, 0.2) is 5.78 Å². The highest BCUT2D eigenvalue weighted by Crippen LogP contribution is 2.27. The van der Waals surface area contributed by atoms with Crippen molar-refractivity contribution in [3.05, 3.63) is 35.4 Å². The van der Waals surface area contributed by atoms with Gasteiger partial charge in [-0.15, -0.1) is 0 Å². The van der Waals surface area contributed by atoms with Crippen molar-refractivity contribution in [3.63, 3.8) is 0 Å². The van der Waals surface area contributed by atoms with Gasteiger partial charge in [-0.3, -0.25) is 4.79 Å². The maximum absolute atomic E-state index is 13.1. The summed E-state index contributed by atoms with van der Waals surface area (Å²) in [6.07, 6.45) is 5.22. The molecule has 2 nitrogen and oxygen atoms in total. The molecule has 2 atom stereocenters. The molecule has 4 heteroatoms. The van der Waals surface area contributed by atoms with Gasteiger partial charge in [-0.2, -0.15) is 0 Å².